The second-order valence-corrected chi connectivity index (χ2v) is 3.26. The lowest BCUT2D eigenvalue weighted by Crippen LogP contribution is -2.15. The predicted molar refractivity (Wildman–Crippen MR) is 54.7 cm³/mol. The molecule has 0 bridgehead atoms. The summed E-state index contributed by atoms with van der Waals surface area (Å²) in [6.45, 7) is -0.915. The molecule has 0 aliphatic carbocycles. The van der Waals surface area contributed by atoms with Crippen LogP contribution in [0.2, 0.25) is 0 Å². The maximum absolute atomic E-state index is 13.5. The molecule has 17 heavy (non-hydrogen) atoms. The third kappa shape index (κ3) is 2.71. The summed E-state index contributed by atoms with van der Waals surface area (Å²) in [5.74, 6) is -2.13. The maximum Gasteiger partial charge on any atom is 0.339 e. The molecule has 0 aromatic heterocycles. The number of alkyl halides is 1. The van der Waals surface area contributed by atoms with Crippen molar-refractivity contribution < 1.29 is 28.2 Å². The minimum Gasteiger partial charge on any atom is -0.493 e. The molecule has 0 spiro atoms. The number of carbonyl (C=O) groups excluding carboxylic acids is 1. The molecule has 0 fully saturated rings. The van der Waals surface area contributed by atoms with E-state index in [1.807, 2.05) is 0 Å². The summed E-state index contributed by atoms with van der Waals surface area (Å²) in [6.07, 6.45) is -1.71. The molecule has 0 heterocycles. The van der Waals surface area contributed by atoms with Crippen LogP contribution in [0.3, 0.4) is 0 Å². The van der Waals surface area contributed by atoms with Crippen molar-refractivity contribution in [3.8, 4) is 5.75 Å². The third-order valence-corrected chi connectivity index (χ3v) is 2.21. The lowest BCUT2D eigenvalue weighted by Gasteiger charge is -2.14. The maximum atomic E-state index is 13.5. The molecule has 1 atom stereocenters. The van der Waals surface area contributed by atoms with Gasteiger partial charge in [0.25, 0.3) is 0 Å². The van der Waals surface area contributed by atoms with Gasteiger partial charge in [-0.1, -0.05) is 0 Å². The number of ether oxygens (including phenoxy) is 2. The number of aliphatic hydroxyl groups is 1. The zero-order valence-electron chi connectivity index (χ0n) is 9.37. The zero-order chi connectivity index (χ0) is 13.0. The summed E-state index contributed by atoms with van der Waals surface area (Å²) in [4.78, 5) is 11.1. The van der Waals surface area contributed by atoms with Gasteiger partial charge in [-0.3, -0.25) is 0 Å². The van der Waals surface area contributed by atoms with Crippen molar-refractivity contribution in [2.75, 3.05) is 14.2 Å². The summed E-state index contributed by atoms with van der Waals surface area (Å²) in [5.41, 5.74) is -0.159. The molecule has 0 aliphatic rings. The topological polar surface area (TPSA) is 55.8 Å². The van der Waals surface area contributed by atoms with Gasteiger partial charge in [-0.2, -0.15) is 0 Å². The lowest BCUT2D eigenvalue weighted by atomic mass is 10.0. The monoisotopic (exact) mass is 246 g/mol. The largest absolute Gasteiger partial charge is 0.493 e. The number of carbonyl (C=O) groups is 1. The first-order valence-electron chi connectivity index (χ1n) is 4.73. The van der Waals surface area contributed by atoms with Crippen LogP contribution in [0.4, 0.5) is 8.78 Å². The number of benzene rings is 1. The van der Waals surface area contributed by atoms with Crippen molar-refractivity contribution in [3.05, 3.63) is 29.1 Å². The number of aliphatic hydroxyl groups excluding tert-OH is 1. The van der Waals surface area contributed by atoms with Gasteiger partial charge in [-0.05, 0) is 17.7 Å². The predicted octanol–water partition coefficient (Wildman–Crippen LogP) is 1.51. The van der Waals surface area contributed by atoms with Gasteiger partial charge in [-0.15, -0.1) is 0 Å². The Morgan fingerprint density at radius 1 is 1.47 bits per heavy atom. The fourth-order valence-electron chi connectivity index (χ4n) is 1.41. The van der Waals surface area contributed by atoms with Gasteiger partial charge < -0.3 is 14.6 Å². The normalized spacial score (nSPS) is 12.1. The van der Waals surface area contributed by atoms with Gasteiger partial charge >= 0.3 is 5.97 Å². The molecule has 1 aromatic rings. The van der Waals surface area contributed by atoms with Gasteiger partial charge in [0.2, 0.25) is 0 Å². The first kappa shape index (κ1) is 13.4. The number of hydrogen-bond acceptors (Lipinski definition) is 4. The molecule has 6 heteroatoms. The first-order valence-corrected chi connectivity index (χ1v) is 4.73. The molecule has 94 valence electrons. The van der Waals surface area contributed by atoms with E-state index in [-0.39, 0.29) is 16.9 Å². The lowest BCUT2D eigenvalue weighted by molar-refractivity contribution is -0.150. The molecule has 0 radical (unpaired) electrons. The number of rotatable bonds is 4. The molecular weight excluding hydrogens is 234 g/mol. The van der Waals surface area contributed by atoms with Gasteiger partial charge in [-0.25, -0.2) is 13.6 Å². The molecular formula is C11H12F2O4. The highest BCUT2D eigenvalue weighted by atomic mass is 19.1. The second-order valence-electron chi connectivity index (χ2n) is 3.26. The van der Waals surface area contributed by atoms with E-state index in [0.717, 1.165) is 19.2 Å². The average Bonchev–Trinajstić information content (AvgIpc) is 2.35. The summed E-state index contributed by atoms with van der Waals surface area (Å²) in [5, 5.41) is 9.60. The minimum absolute atomic E-state index is 0.00116. The van der Waals surface area contributed by atoms with Crippen LogP contribution in [-0.4, -0.2) is 25.3 Å². The van der Waals surface area contributed by atoms with Crippen LogP contribution >= 0.6 is 0 Å². The fourth-order valence-corrected chi connectivity index (χ4v) is 1.41. The molecule has 1 unspecified atom stereocenters. The van der Waals surface area contributed by atoms with Crippen LogP contribution in [0.25, 0.3) is 0 Å². The number of halogens is 2. The highest BCUT2D eigenvalue weighted by molar-refractivity contribution is 5.77. The Kier molecular flexibility index (Phi) is 4.39. The smallest absolute Gasteiger partial charge is 0.339 e. The van der Waals surface area contributed by atoms with Crippen molar-refractivity contribution >= 4 is 5.97 Å². The van der Waals surface area contributed by atoms with E-state index in [1.165, 1.54) is 7.11 Å². The number of hydrogen-bond donors (Lipinski definition) is 1. The minimum atomic E-state index is -1.71. The van der Waals surface area contributed by atoms with Crippen molar-refractivity contribution in [2.45, 2.75) is 12.8 Å². The average molecular weight is 246 g/mol. The standard InChI is InChI=1S/C11H12F2O4/c1-16-10-7(9(14)11(15)17-2)3-6(5-12)4-8(10)13/h3-4,9,14H,5H2,1-2H3. The van der Waals surface area contributed by atoms with E-state index in [1.54, 1.807) is 0 Å². The van der Waals surface area contributed by atoms with Crippen LogP contribution in [0.15, 0.2) is 12.1 Å². The van der Waals surface area contributed by atoms with Gasteiger partial charge in [0, 0.05) is 5.56 Å². The van der Waals surface area contributed by atoms with Crippen LogP contribution in [0.5, 0.6) is 5.75 Å². The highest BCUT2D eigenvalue weighted by Crippen LogP contribution is 2.30. The van der Waals surface area contributed by atoms with Crippen molar-refractivity contribution in [1.82, 2.24) is 0 Å². The van der Waals surface area contributed by atoms with Crippen LogP contribution in [-0.2, 0) is 16.2 Å². The molecule has 1 aromatic carbocycles. The Balaban J connectivity index is 3.28. The Labute approximate surface area is 96.8 Å². The molecule has 4 nitrogen and oxygen atoms in total. The van der Waals surface area contributed by atoms with Crippen molar-refractivity contribution in [1.29, 1.82) is 0 Å². The fraction of sp³-hybridized carbons (Fsp3) is 0.364. The van der Waals surface area contributed by atoms with Crippen LogP contribution < -0.4 is 4.74 Å². The van der Waals surface area contributed by atoms with Gasteiger partial charge in [0.1, 0.15) is 6.67 Å². The Hall–Kier alpha value is -1.69. The Morgan fingerprint density at radius 3 is 2.59 bits per heavy atom. The van der Waals surface area contributed by atoms with E-state index in [9.17, 15) is 18.7 Å². The van der Waals surface area contributed by atoms with Gasteiger partial charge in [0.05, 0.1) is 14.2 Å². The third-order valence-electron chi connectivity index (χ3n) is 2.21. The number of methoxy groups -OCH3 is 2. The quantitative estimate of drug-likeness (QED) is 0.818. The van der Waals surface area contributed by atoms with E-state index >= 15 is 0 Å². The van der Waals surface area contributed by atoms with E-state index in [2.05, 4.69) is 4.74 Å². The van der Waals surface area contributed by atoms with Crippen LogP contribution in [0.1, 0.15) is 17.2 Å². The van der Waals surface area contributed by atoms with E-state index < -0.39 is 24.6 Å². The van der Waals surface area contributed by atoms with Crippen molar-refractivity contribution in [3.63, 3.8) is 0 Å². The molecule has 0 amide bonds. The molecule has 0 aliphatic heterocycles. The van der Waals surface area contributed by atoms with E-state index in [0.29, 0.717) is 0 Å². The SMILES string of the molecule is COC(=O)C(O)c1cc(CF)cc(F)c1OC. The molecule has 1 N–H and O–H groups in total. The Bertz CT molecular complexity index is 420. The van der Waals surface area contributed by atoms with E-state index in [4.69, 9.17) is 4.74 Å². The Morgan fingerprint density at radius 2 is 2.12 bits per heavy atom. The molecule has 1 rings (SSSR count). The van der Waals surface area contributed by atoms with Crippen LogP contribution in [0, 0.1) is 5.82 Å². The summed E-state index contributed by atoms with van der Waals surface area (Å²) in [6, 6.07) is 2.09. The summed E-state index contributed by atoms with van der Waals surface area (Å²) >= 11 is 0. The highest BCUT2D eigenvalue weighted by Gasteiger charge is 2.24. The summed E-state index contributed by atoms with van der Waals surface area (Å²) in [7, 11) is 2.26. The second kappa shape index (κ2) is 5.58. The summed E-state index contributed by atoms with van der Waals surface area (Å²) < 4.78 is 35.0. The van der Waals surface area contributed by atoms with Gasteiger partial charge in [0.15, 0.2) is 17.7 Å². The first-order chi connectivity index (χ1) is 8.04. The number of esters is 1. The molecule has 0 saturated heterocycles. The molecule has 0 saturated carbocycles. The zero-order valence-corrected chi connectivity index (χ0v) is 9.37. The van der Waals surface area contributed by atoms with Crippen molar-refractivity contribution in [2.24, 2.45) is 0 Å².